The molecular formula is C19H12Cl4O. The van der Waals surface area contributed by atoms with Crippen molar-refractivity contribution in [1.29, 1.82) is 0 Å². The fraction of sp³-hybridized carbons (Fsp3) is 0.0526. The Labute approximate surface area is 160 Å². The molecule has 1 unspecified atom stereocenters. The summed E-state index contributed by atoms with van der Waals surface area (Å²) in [7, 11) is 0. The maximum Gasteiger partial charge on any atom is 0.164 e. The third-order valence-electron chi connectivity index (χ3n) is 3.47. The van der Waals surface area contributed by atoms with Gasteiger partial charge in [0.05, 0.1) is 15.4 Å². The molecular weight excluding hydrogens is 386 g/mol. The number of para-hydroxylation sites is 1. The van der Waals surface area contributed by atoms with Crippen molar-refractivity contribution < 1.29 is 4.74 Å². The van der Waals surface area contributed by atoms with Crippen molar-refractivity contribution in [2.45, 2.75) is 5.38 Å². The Balaban J connectivity index is 1.79. The molecule has 0 amide bonds. The number of hydrogen-bond donors (Lipinski definition) is 0. The highest BCUT2D eigenvalue weighted by Crippen LogP contribution is 2.37. The largest absolute Gasteiger partial charge is 0.454 e. The second-order valence-corrected chi connectivity index (χ2v) is 6.82. The Bertz CT molecular complexity index is 809. The molecule has 0 spiro atoms. The van der Waals surface area contributed by atoms with Crippen molar-refractivity contribution in [3.8, 4) is 11.5 Å². The Morgan fingerprint density at radius 2 is 1.17 bits per heavy atom. The minimum Gasteiger partial charge on any atom is -0.454 e. The molecule has 0 aliphatic rings. The quantitative estimate of drug-likeness (QED) is 0.408. The Hall–Kier alpha value is -1.38. The van der Waals surface area contributed by atoms with Gasteiger partial charge in [0, 0.05) is 5.02 Å². The minimum absolute atomic E-state index is 0.264. The third-order valence-corrected chi connectivity index (χ3v) is 4.83. The summed E-state index contributed by atoms with van der Waals surface area (Å²) in [6, 6.07) is 20.2. The van der Waals surface area contributed by atoms with Crippen LogP contribution in [0.3, 0.4) is 0 Å². The minimum atomic E-state index is -0.264. The second kappa shape index (κ2) is 7.67. The lowest BCUT2D eigenvalue weighted by molar-refractivity contribution is 0.483. The fourth-order valence-electron chi connectivity index (χ4n) is 2.23. The average molecular weight is 398 g/mol. The first-order chi connectivity index (χ1) is 11.5. The van der Waals surface area contributed by atoms with Crippen molar-refractivity contribution >= 4 is 46.4 Å². The molecule has 5 heteroatoms. The van der Waals surface area contributed by atoms with E-state index >= 15 is 0 Å². The van der Waals surface area contributed by atoms with Crippen molar-refractivity contribution in [2.24, 2.45) is 0 Å². The number of rotatable bonds is 4. The van der Waals surface area contributed by atoms with Gasteiger partial charge in [-0.05, 0) is 47.5 Å². The van der Waals surface area contributed by atoms with Crippen LogP contribution in [0.15, 0.2) is 66.7 Å². The van der Waals surface area contributed by atoms with Gasteiger partial charge >= 0.3 is 0 Å². The van der Waals surface area contributed by atoms with Gasteiger partial charge in [0.15, 0.2) is 5.75 Å². The van der Waals surface area contributed by atoms with E-state index in [1.165, 1.54) is 0 Å². The molecule has 0 N–H and O–H groups in total. The lowest BCUT2D eigenvalue weighted by Gasteiger charge is -2.13. The van der Waals surface area contributed by atoms with Gasteiger partial charge in [0.2, 0.25) is 0 Å². The first-order valence-electron chi connectivity index (χ1n) is 7.16. The highest BCUT2D eigenvalue weighted by Gasteiger charge is 2.12. The molecule has 0 heterocycles. The topological polar surface area (TPSA) is 9.23 Å². The van der Waals surface area contributed by atoms with Crippen molar-refractivity contribution in [3.05, 3.63) is 92.9 Å². The Morgan fingerprint density at radius 1 is 0.667 bits per heavy atom. The van der Waals surface area contributed by atoms with Gasteiger partial charge < -0.3 is 4.74 Å². The number of halogens is 4. The molecule has 0 bridgehead atoms. The molecule has 1 atom stereocenters. The monoisotopic (exact) mass is 396 g/mol. The van der Waals surface area contributed by atoms with Crippen LogP contribution in [0, 0.1) is 0 Å². The first-order valence-corrected chi connectivity index (χ1v) is 8.73. The number of alkyl halides is 1. The lowest BCUT2D eigenvalue weighted by Crippen LogP contribution is -1.93. The number of ether oxygens (including phenoxy) is 1. The van der Waals surface area contributed by atoms with Crippen LogP contribution in [-0.2, 0) is 0 Å². The van der Waals surface area contributed by atoms with Gasteiger partial charge in [-0.25, -0.2) is 0 Å². The molecule has 0 fully saturated rings. The summed E-state index contributed by atoms with van der Waals surface area (Å²) in [5, 5.41) is 1.34. The fourth-order valence-corrected chi connectivity index (χ4v) is 3.12. The zero-order valence-electron chi connectivity index (χ0n) is 12.3. The highest BCUT2D eigenvalue weighted by atomic mass is 35.5. The van der Waals surface area contributed by atoms with Crippen LogP contribution >= 0.6 is 46.4 Å². The van der Waals surface area contributed by atoms with Crippen LogP contribution in [0.25, 0.3) is 0 Å². The van der Waals surface area contributed by atoms with Gasteiger partial charge in [-0.2, -0.15) is 0 Å². The number of benzene rings is 3. The smallest absolute Gasteiger partial charge is 0.164 e. The van der Waals surface area contributed by atoms with Crippen LogP contribution in [0.4, 0.5) is 0 Å². The molecule has 122 valence electrons. The van der Waals surface area contributed by atoms with Gasteiger partial charge in [0.1, 0.15) is 5.75 Å². The van der Waals surface area contributed by atoms with Gasteiger partial charge in [-0.3, -0.25) is 0 Å². The SMILES string of the molecule is Clc1ccc(C(Cl)c2ccc(Oc3c(Cl)cccc3Cl)cc2)cc1. The van der Waals surface area contributed by atoms with E-state index in [2.05, 4.69) is 0 Å². The van der Waals surface area contributed by atoms with E-state index in [0.29, 0.717) is 26.6 Å². The van der Waals surface area contributed by atoms with E-state index in [9.17, 15) is 0 Å². The molecule has 3 aromatic rings. The summed E-state index contributed by atoms with van der Waals surface area (Å²) in [6.07, 6.45) is 0. The molecule has 3 aromatic carbocycles. The summed E-state index contributed by atoms with van der Waals surface area (Å²) >= 11 is 24.7. The average Bonchev–Trinajstić information content (AvgIpc) is 2.59. The van der Waals surface area contributed by atoms with Gasteiger partial charge in [-0.15, -0.1) is 11.6 Å². The standard InChI is InChI=1S/C19H12Cl4O/c20-14-8-4-12(5-9-14)18(23)13-6-10-15(11-7-13)24-19-16(21)2-1-3-17(19)22/h1-11,18H. The predicted molar refractivity (Wildman–Crippen MR) is 102 cm³/mol. The maximum absolute atomic E-state index is 6.52. The van der Waals surface area contributed by atoms with E-state index in [1.807, 2.05) is 48.5 Å². The van der Waals surface area contributed by atoms with Crippen molar-refractivity contribution in [3.63, 3.8) is 0 Å². The predicted octanol–water partition coefficient (Wildman–Crippen LogP) is 7.77. The Morgan fingerprint density at radius 3 is 1.71 bits per heavy atom. The molecule has 0 aliphatic carbocycles. The molecule has 0 saturated heterocycles. The van der Waals surface area contributed by atoms with Crippen LogP contribution in [-0.4, -0.2) is 0 Å². The van der Waals surface area contributed by atoms with Crippen molar-refractivity contribution in [1.82, 2.24) is 0 Å². The summed E-state index contributed by atoms with van der Waals surface area (Å²) < 4.78 is 5.77. The van der Waals surface area contributed by atoms with E-state index in [1.54, 1.807) is 18.2 Å². The van der Waals surface area contributed by atoms with E-state index in [-0.39, 0.29) is 5.38 Å². The zero-order chi connectivity index (χ0) is 17.1. The van der Waals surface area contributed by atoms with E-state index < -0.39 is 0 Å². The van der Waals surface area contributed by atoms with E-state index in [0.717, 1.165) is 11.1 Å². The van der Waals surface area contributed by atoms with Crippen LogP contribution in [0.2, 0.25) is 15.1 Å². The molecule has 0 aliphatic heterocycles. The highest BCUT2D eigenvalue weighted by molar-refractivity contribution is 6.37. The summed E-state index contributed by atoms with van der Waals surface area (Å²) in [6.45, 7) is 0. The maximum atomic E-state index is 6.52. The molecule has 0 saturated carbocycles. The normalized spacial score (nSPS) is 12.0. The molecule has 24 heavy (non-hydrogen) atoms. The van der Waals surface area contributed by atoms with Gasteiger partial charge in [0.25, 0.3) is 0 Å². The summed E-state index contributed by atoms with van der Waals surface area (Å²) in [4.78, 5) is 0. The summed E-state index contributed by atoms with van der Waals surface area (Å²) in [5.41, 5.74) is 1.93. The van der Waals surface area contributed by atoms with Crippen LogP contribution in [0.1, 0.15) is 16.5 Å². The van der Waals surface area contributed by atoms with E-state index in [4.69, 9.17) is 51.1 Å². The van der Waals surface area contributed by atoms with Crippen molar-refractivity contribution in [2.75, 3.05) is 0 Å². The zero-order valence-corrected chi connectivity index (χ0v) is 15.4. The molecule has 3 rings (SSSR count). The first kappa shape index (κ1) is 17.4. The molecule has 0 aromatic heterocycles. The molecule has 1 nitrogen and oxygen atoms in total. The van der Waals surface area contributed by atoms with Gasteiger partial charge in [-0.1, -0.05) is 65.1 Å². The molecule has 0 radical (unpaired) electrons. The second-order valence-electron chi connectivity index (χ2n) is 5.14. The van der Waals surface area contributed by atoms with Crippen LogP contribution < -0.4 is 4.74 Å². The summed E-state index contributed by atoms with van der Waals surface area (Å²) in [5.74, 6) is 1.07. The Kier molecular flexibility index (Phi) is 5.57. The third kappa shape index (κ3) is 3.99. The lowest BCUT2D eigenvalue weighted by atomic mass is 10.0. The van der Waals surface area contributed by atoms with Crippen LogP contribution in [0.5, 0.6) is 11.5 Å². The number of hydrogen-bond acceptors (Lipinski definition) is 1.